The van der Waals surface area contributed by atoms with E-state index in [1.807, 2.05) is 0 Å². The van der Waals surface area contributed by atoms with Crippen LogP contribution in [0.25, 0.3) is 0 Å². The third kappa shape index (κ3) is 1.75. The number of hydrogen-bond acceptors (Lipinski definition) is 1. The van der Waals surface area contributed by atoms with Crippen molar-refractivity contribution in [2.75, 3.05) is 4.61 Å². The van der Waals surface area contributed by atoms with Gasteiger partial charge in [-0.3, -0.25) is 0 Å². The predicted molar refractivity (Wildman–Crippen MR) is 63.0 cm³/mol. The molecule has 2 rings (SSSR count). The Hall–Kier alpha value is 1.42. The van der Waals surface area contributed by atoms with E-state index in [4.69, 9.17) is 4.74 Å². The van der Waals surface area contributed by atoms with Gasteiger partial charge in [0.15, 0.2) is 0 Å². The van der Waals surface area contributed by atoms with Crippen molar-refractivity contribution in [2.24, 2.45) is 16.7 Å². The molecule has 3 unspecified atom stereocenters. The minimum atomic E-state index is 0.262. The molecule has 0 N–H and O–H groups in total. The number of hydrogen-bond donors (Lipinski definition) is 0. The van der Waals surface area contributed by atoms with Crippen LogP contribution in [0.15, 0.2) is 0 Å². The number of halogens is 2. The maximum absolute atomic E-state index is 6.15. The third-order valence-electron chi connectivity index (χ3n) is 4.41. The topological polar surface area (TPSA) is 9.23 Å². The molecule has 3 atom stereocenters. The van der Waals surface area contributed by atoms with Crippen LogP contribution in [-0.4, -0.2) is 10.7 Å². The summed E-state index contributed by atoms with van der Waals surface area (Å²) in [5.41, 5.74) is 0.937. The molecule has 0 aromatic rings. The van der Waals surface area contributed by atoms with Crippen LogP contribution in [0.5, 0.6) is 0 Å². The van der Waals surface area contributed by atoms with Gasteiger partial charge in [-0.2, -0.15) is 0 Å². The molecule has 1 nitrogen and oxygen atoms in total. The van der Waals surface area contributed by atoms with Crippen LogP contribution in [0.1, 0.15) is 40.0 Å². The van der Waals surface area contributed by atoms with Crippen molar-refractivity contribution < 1.29 is 22.0 Å². The first-order valence-electron chi connectivity index (χ1n) is 5.32. The summed E-state index contributed by atoms with van der Waals surface area (Å²) >= 11 is 2.77. The van der Waals surface area contributed by atoms with E-state index in [9.17, 15) is 0 Å². The van der Waals surface area contributed by atoms with Crippen LogP contribution in [0, 0.1) is 16.7 Å². The number of alkyl halides is 1. The van der Waals surface area contributed by atoms with E-state index in [1.165, 1.54) is 19.3 Å². The van der Waals surface area contributed by atoms with Gasteiger partial charge in [0.05, 0.1) is 0 Å². The van der Waals surface area contributed by atoms with Gasteiger partial charge in [-0.05, 0) is 0 Å². The Labute approximate surface area is 107 Å². The van der Waals surface area contributed by atoms with Crippen LogP contribution in [-0.2, 0) is 4.74 Å². The van der Waals surface area contributed by atoms with E-state index in [0.29, 0.717) is 16.9 Å². The summed E-state index contributed by atoms with van der Waals surface area (Å²) in [6.07, 6.45) is 4.77. The zero-order chi connectivity index (χ0) is 10.4. The van der Waals surface area contributed by atoms with E-state index >= 15 is 0 Å². The van der Waals surface area contributed by atoms with Crippen LogP contribution in [0.4, 0.5) is 0 Å². The van der Waals surface area contributed by atoms with Crippen molar-refractivity contribution >= 4 is 18.6 Å². The second-order valence-corrected chi connectivity index (χ2v) is 10.7. The Morgan fingerprint density at radius 1 is 1.43 bits per heavy atom. The standard InChI is InChI=1S/C11H19I2O/c1-10(2)8-4-5-11(3,6-8)9(10)14-7-13-12/h8-9H,4-7H2,1-3H3/q-1. The molecule has 84 valence electrons. The zero-order valence-electron chi connectivity index (χ0n) is 9.15. The quantitative estimate of drug-likeness (QED) is 0.480. The first-order chi connectivity index (χ1) is 6.50. The average Bonchev–Trinajstić information content (AvgIpc) is 2.55. The molecule has 14 heavy (non-hydrogen) atoms. The molecule has 0 radical (unpaired) electrons. The SMILES string of the molecule is CC12CCC(C1)C(C)(C)C2OC[I-]I. The summed E-state index contributed by atoms with van der Waals surface area (Å²) in [7, 11) is 0. The number of rotatable bonds is 3. The molecule has 0 amide bonds. The second kappa shape index (κ2) is 4.02. The molecule has 2 aliphatic carbocycles. The van der Waals surface area contributed by atoms with Gasteiger partial charge in [0.1, 0.15) is 0 Å². The van der Waals surface area contributed by atoms with Crippen molar-refractivity contribution in [3.63, 3.8) is 0 Å². The summed E-state index contributed by atoms with van der Waals surface area (Å²) in [5, 5.41) is 0. The molecule has 2 fully saturated rings. The first kappa shape index (κ1) is 11.9. The van der Waals surface area contributed by atoms with Crippen LogP contribution in [0.2, 0.25) is 0 Å². The Kier molecular flexibility index (Phi) is 3.41. The van der Waals surface area contributed by atoms with Crippen LogP contribution < -0.4 is 17.2 Å². The van der Waals surface area contributed by atoms with Crippen molar-refractivity contribution in [1.29, 1.82) is 0 Å². The molecule has 2 bridgehead atoms. The van der Waals surface area contributed by atoms with Gasteiger partial charge in [-0.25, -0.2) is 0 Å². The minimum absolute atomic E-state index is 0.262. The normalized spacial score (nSPS) is 44.9. The zero-order valence-corrected chi connectivity index (χ0v) is 13.5. The van der Waals surface area contributed by atoms with Crippen LogP contribution >= 0.6 is 18.6 Å². The van der Waals surface area contributed by atoms with E-state index in [-0.39, 0.29) is 17.2 Å². The Bertz CT molecular complexity index is 225. The van der Waals surface area contributed by atoms with E-state index < -0.39 is 0 Å². The van der Waals surface area contributed by atoms with E-state index in [1.54, 1.807) is 0 Å². The van der Waals surface area contributed by atoms with Gasteiger partial charge in [-0.15, -0.1) is 0 Å². The molecule has 2 aliphatic rings. The van der Waals surface area contributed by atoms with Gasteiger partial charge in [0, 0.05) is 0 Å². The molecular formula is C11H19I2O-. The molecule has 0 aromatic carbocycles. The molecule has 0 aliphatic heterocycles. The first-order valence-corrected chi connectivity index (χ1v) is 13.1. The summed E-state index contributed by atoms with van der Waals surface area (Å²) in [6.45, 7) is 7.27. The molecule has 0 heterocycles. The molecule has 0 spiro atoms. The summed E-state index contributed by atoms with van der Waals surface area (Å²) in [5.74, 6) is 0.921. The predicted octanol–water partition coefficient (Wildman–Crippen LogP) is 0.614. The van der Waals surface area contributed by atoms with Gasteiger partial charge in [0.25, 0.3) is 0 Å². The van der Waals surface area contributed by atoms with Crippen molar-refractivity contribution in [3.05, 3.63) is 0 Å². The monoisotopic (exact) mass is 421 g/mol. The molecular weight excluding hydrogens is 402 g/mol. The second-order valence-electron chi connectivity index (χ2n) is 5.67. The van der Waals surface area contributed by atoms with E-state index in [2.05, 4.69) is 39.4 Å². The van der Waals surface area contributed by atoms with Gasteiger partial charge in [-0.1, -0.05) is 0 Å². The Morgan fingerprint density at radius 3 is 2.64 bits per heavy atom. The van der Waals surface area contributed by atoms with Gasteiger partial charge < -0.3 is 0 Å². The van der Waals surface area contributed by atoms with Gasteiger partial charge in [0.2, 0.25) is 0 Å². The fourth-order valence-electron chi connectivity index (χ4n) is 3.76. The molecule has 0 aromatic heterocycles. The fourth-order valence-corrected chi connectivity index (χ4v) is 5.17. The van der Waals surface area contributed by atoms with Crippen LogP contribution in [0.3, 0.4) is 0 Å². The van der Waals surface area contributed by atoms with Crippen molar-refractivity contribution in [1.82, 2.24) is 0 Å². The summed E-state index contributed by atoms with van der Waals surface area (Å²) in [4.78, 5) is 0. The number of ether oxygens (including phenoxy) is 1. The molecule has 2 saturated carbocycles. The summed E-state index contributed by atoms with van der Waals surface area (Å²) in [6, 6.07) is 0. The molecule has 3 heteroatoms. The van der Waals surface area contributed by atoms with E-state index in [0.717, 1.165) is 10.5 Å². The Morgan fingerprint density at radius 2 is 2.14 bits per heavy atom. The average molecular weight is 421 g/mol. The maximum atomic E-state index is 6.15. The molecule has 0 saturated heterocycles. The Balaban J connectivity index is 2.13. The third-order valence-corrected chi connectivity index (χ3v) is 6.58. The fraction of sp³-hybridized carbons (Fsp3) is 1.00. The van der Waals surface area contributed by atoms with Crippen molar-refractivity contribution in [2.45, 2.75) is 46.1 Å². The van der Waals surface area contributed by atoms with Crippen molar-refractivity contribution in [3.8, 4) is 0 Å². The summed E-state index contributed by atoms with van der Waals surface area (Å²) < 4.78 is 7.18. The van der Waals surface area contributed by atoms with Gasteiger partial charge >= 0.3 is 108 Å². The number of fused-ring (bicyclic) bond motifs is 2.